The minimum Gasteiger partial charge on any atom is -0.459 e. The smallest absolute Gasteiger partial charge is 0.311 e. The molecule has 3 saturated heterocycles. The molecule has 0 aromatic heterocycles. The van der Waals surface area contributed by atoms with Gasteiger partial charge in [0.25, 0.3) is 0 Å². The van der Waals surface area contributed by atoms with E-state index < -0.39 is 123 Å². The molecule has 3 aliphatic heterocycles. The van der Waals surface area contributed by atoms with Gasteiger partial charge in [-0.1, -0.05) is 47.0 Å². The lowest BCUT2D eigenvalue weighted by Crippen LogP contribution is -2.70. The average molecular weight is 938 g/mol. The minimum atomic E-state index is -3.79. The fourth-order valence-electron chi connectivity index (χ4n) is 10.8. The second-order valence-corrected chi connectivity index (χ2v) is 22.8. The van der Waals surface area contributed by atoms with E-state index in [-0.39, 0.29) is 38.1 Å². The number of rotatable bonds is 13. The standard InChI is InChI=1S/C46H87N3O14S/c1-14-21-47-26-46(55)32(8)60-36(24-44(46,10)58-13)62-38-29(5)40(63-42-37(50)34(22-28(4)59-42)49(12)64(56,57)33-19-17-16-18-20-33)43(9,53)23-27(3)25-48-31(7)39(51)45(11,54)35(15-2)61-41(52)30(38)6/h27-40,42,47-48,50-51,53-55H,14-26H2,1-13H3/t27-,28-,29+,30-,31-,32+,34+,35-,36+,37-,38+,39-,40-,42+,43-,44-,45-,46+/m1/s1. The number of sulfonamides is 1. The summed E-state index contributed by atoms with van der Waals surface area (Å²) in [6, 6.07) is -1.55. The lowest BCUT2D eigenvalue weighted by molar-refractivity contribution is -0.336. The molecule has 64 heavy (non-hydrogen) atoms. The zero-order chi connectivity index (χ0) is 48.2. The van der Waals surface area contributed by atoms with Crippen molar-refractivity contribution in [3.05, 3.63) is 0 Å². The number of aliphatic hydroxyl groups is 5. The third-order valence-electron chi connectivity index (χ3n) is 15.2. The molecular formula is C46H87N3O14S. The third kappa shape index (κ3) is 12.2. The van der Waals surface area contributed by atoms with E-state index in [9.17, 15) is 38.7 Å². The van der Waals surface area contributed by atoms with Crippen molar-refractivity contribution in [1.29, 1.82) is 0 Å². The Balaban J connectivity index is 1.81. The molecule has 18 atom stereocenters. The van der Waals surface area contributed by atoms with Gasteiger partial charge in [0.05, 0.1) is 47.2 Å². The number of carbonyl (C=O) groups excluding carboxylic acids is 1. The van der Waals surface area contributed by atoms with Gasteiger partial charge in [-0.2, -0.15) is 4.31 Å². The van der Waals surface area contributed by atoms with Crippen molar-refractivity contribution in [2.24, 2.45) is 17.8 Å². The van der Waals surface area contributed by atoms with Crippen LogP contribution in [0.2, 0.25) is 0 Å². The highest BCUT2D eigenvalue weighted by Gasteiger charge is 2.58. The SMILES string of the molecule is CCCNC[C@]1(O)[C@H](C)O[C@@H](O[C@H]2[C@H](C)[C@@H](O[C@@H]3O[C@H](C)C[C@H](N(C)S(=O)(=O)C4CCCCC4)[C@H]3O)[C@](C)(O)C[C@@H](C)CN[C@H](C)[C@@H](O)[C@](C)(O)[C@@H](CC)OC(=O)[C@@H]2C)C[C@@]1(C)OC. The van der Waals surface area contributed by atoms with Crippen LogP contribution in [0.1, 0.15) is 140 Å². The molecule has 17 nitrogen and oxygen atoms in total. The summed E-state index contributed by atoms with van der Waals surface area (Å²) in [6.07, 6.45) is -5.05. The molecule has 1 aliphatic carbocycles. The third-order valence-corrected chi connectivity index (χ3v) is 17.6. The van der Waals surface area contributed by atoms with Crippen molar-refractivity contribution in [1.82, 2.24) is 14.9 Å². The van der Waals surface area contributed by atoms with Gasteiger partial charge in [0.2, 0.25) is 10.0 Å². The van der Waals surface area contributed by atoms with Crippen molar-refractivity contribution in [2.45, 2.75) is 235 Å². The Bertz CT molecular complexity index is 1590. The van der Waals surface area contributed by atoms with Gasteiger partial charge in [0, 0.05) is 39.1 Å². The molecule has 0 bridgehead atoms. The first-order valence-electron chi connectivity index (χ1n) is 24.0. The largest absolute Gasteiger partial charge is 0.459 e. The number of likely N-dealkylation sites (N-methyl/N-ethyl adjacent to an activating group) is 1. The number of hydrogen-bond donors (Lipinski definition) is 7. The molecule has 0 unspecified atom stereocenters. The molecule has 1 saturated carbocycles. The summed E-state index contributed by atoms with van der Waals surface area (Å²) in [5.41, 5.74) is -6.25. The molecule has 7 N–H and O–H groups in total. The van der Waals surface area contributed by atoms with E-state index in [0.29, 0.717) is 25.9 Å². The summed E-state index contributed by atoms with van der Waals surface area (Å²) in [5, 5.41) is 66.2. The van der Waals surface area contributed by atoms with E-state index in [1.807, 2.05) is 13.8 Å². The first-order valence-corrected chi connectivity index (χ1v) is 25.5. The molecule has 0 radical (unpaired) electrons. The number of esters is 1. The summed E-state index contributed by atoms with van der Waals surface area (Å²) in [7, 11) is -0.781. The number of ether oxygens (including phenoxy) is 6. The summed E-state index contributed by atoms with van der Waals surface area (Å²) in [4.78, 5) is 14.5. The van der Waals surface area contributed by atoms with E-state index in [1.165, 1.54) is 25.4 Å². The Hall–Kier alpha value is -1.10. The zero-order valence-corrected chi connectivity index (χ0v) is 41.9. The lowest BCUT2D eigenvalue weighted by atomic mass is 9.75. The molecule has 0 amide bonds. The fourth-order valence-corrected chi connectivity index (χ4v) is 12.8. The highest BCUT2D eigenvalue weighted by Crippen LogP contribution is 2.43. The molecule has 376 valence electrons. The van der Waals surface area contributed by atoms with Crippen molar-refractivity contribution < 1.29 is 67.2 Å². The van der Waals surface area contributed by atoms with Gasteiger partial charge in [0.15, 0.2) is 12.6 Å². The summed E-state index contributed by atoms with van der Waals surface area (Å²) in [5.74, 6) is -3.03. The van der Waals surface area contributed by atoms with Crippen molar-refractivity contribution >= 4 is 16.0 Å². The Morgan fingerprint density at radius 3 is 2.17 bits per heavy atom. The van der Waals surface area contributed by atoms with Crippen LogP contribution in [0.25, 0.3) is 0 Å². The maximum atomic E-state index is 14.5. The molecule has 4 rings (SSSR count). The van der Waals surface area contributed by atoms with Gasteiger partial charge >= 0.3 is 5.97 Å². The van der Waals surface area contributed by atoms with Crippen LogP contribution in [0.4, 0.5) is 0 Å². The Kier molecular flexibility index (Phi) is 19.6. The molecule has 0 spiro atoms. The monoisotopic (exact) mass is 938 g/mol. The number of aliphatic hydroxyl groups excluding tert-OH is 2. The predicted molar refractivity (Wildman–Crippen MR) is 242 cm³/mol. The number of methoxy groups -OCH3 is 1. The molecule has 18 heteroatoms. The quantitative estimate of drug-likeness (QED) is 0.104. The zero-order valence-electron chi connectivity index (χ0n) is 41.1. The van der Waals surface area contributed by atoms with Crippen LogP contribution in [-0.2, 0) is 43.2 Å². The van der Waals surface area contributed by atoms with Crippen LogP contribution in [-0.4, -0.2) is 173 Å². The normalized spacial score (nSPS) is 45.4. The molecular weight excluding hydrogens is 851 g/mol. The number of cyclic esters (lactones) is 1. The van der Waals surface area contributed by atoms with Crippen molar-refractivity contribution in [3.63, 3.8) is 0 Å². The number of nitrogens with zero attached hydrogens (tertiary/aromatic N) is 1. The molecule has 4 aliphatic rings. The molecule has 0 aromatic carbocycles. The van der Waals surface area contributed by atoms with E-state index in [4.69, 9.17) is 28.4 Å². The van der Waals surface area contributed by atoms with Crippen LogP contribution in [0.5, 0.6) is 0 Å². The van der Waals surface area contributed by atoms with Crippen LogP contribution in [0.15, 0.2) is 0 Å². The predicted octanol–water partition coefficient (Wildman–Crippen LogP) is 2.96. The van der Waals surface area contributed by atoms with E-state index in [1.54, 1.807) is 55.4 Å². The lowest BCUT2D eigenvalue weighted by Gasteiger charge is -2.53. The topological polar surface area (TPSA) is 235 Å². The van der Waals surface area contributed by atoms with Crippen LogP contribution in [0.3, 0.4) is 0 Å². The highest BCUT2D eigenvalue weighted by molar-refractivity contribution is 7.89. The first-order chi connectivity index (χ1) is 29.7. The second-order valence-electron chi connectivity index (χ2n) is 20.6. The average Bonchev–Trinajstić information content (AvgIpc) is 3.24. The maximum absolute atomic E-state index is 14.5. The number of carbonyl (C=O) groups is 1. The van der Waals surface area contributed by atoms with Gasteiger partial charge in [-0.05, 0) is 106 Å². The van der Waals surface area contributed by atoms with Crippen LogP contribution < -0.4 is 10.6 Å². The summed E-state index contributed by atoms with van der Waals surface area (Å²) in [6.45, 7) is 20.3. The summed E-state index contributed by atoms with van der Waals surface area (Å²) < 4.78 is 67.8. The van der Waals surface area contributed by atoms with Gasteiger partial charge in [0.1, 0.15) is 35.1 Å². The first kappa shape index (κ1) is 55.5. The van der Waals surface area contributed by atoms with Crippen molar-refractivity contribution in [2.75, 3.05) is 33.8 Å². The van der Waals surface area contributed by atoms with E-state index in [0.717, 1.165) is 25.7 Å². The van der Waals surface area contributed by atoms with Gasteiger partial charge in [-0.25, -0.2) is 8.42 Å². The highest BCUT2D eigenvalue weighted by atomic mass is 32.2. The number of nitrogens with one attached hydrogen (secondary N) is 2. The molecule has 3 heterocycles. The molecule has 4 fully saturated rings. The Morgan fingerprint density at radius 2 is 1.58 bits per heavy atom. The molecule has 0 aromatic rings. The minimum absolute atomic E-state index is 0.0373. The van der Waals surface area contributed by atoms with Gasteiger partial charge in [-0.3, -0.25) is 4.79 Å². The second kappa shape index (κ2) is 22.5. The van der Waals surface area contributed by atoms with E-state index >= 15 is 0 Å². The van der Waals surface area contributed by atoms with E-state index in [2.05, 4.69) is 10.6 Å². The Labute approximate surface area is 384 Å². The summed E-state index contributed by atoms with van der Waals surface area (Å²) >= 11 is 0. The fraction of sp³-hybridized carbons (Fsp3) is 0.978. The van der Waals surface area contributed by atoms with Gasteiger partial charge in [-0.15, -0.1) is 0 Å². The van der Waals surface area contributed by atoms with Gasteiger partial charge < -0.3 is 64.6 Å². The van der Waals surface area contributed by atoms with Crippen molar-refractivity contribution in [3.8, 4) is 0 Å². The Morgan fingerprint density at radius 1 is 0.938 bits per heavy atom. The number of hydrogen-bond acceptors (Lipinski definition) is 16. The van der Waals surface area contributed by atoms with Crippen LogP contribution in [0, 0.1) is 17.8 Å². The van der Waals surface area contributed by atoms with Crippen LogP contribution >= 0.6 is 0 Å². The maximum Gasteiger partial charge on any atom is 0.311 e.